The molecule has 2 saturated heterocycles. The highest BCUT2D eigenvalue weighted by molar-refractivity contribution is 5.76. The molecular formula is C75H121NO13. The second kappa shape index (κ2) is 57.5. The molecule has 2 aliphatic heterocycles. The van der Waals surface area contributed by atoms with Crippen LogP contribution in [0.2, 0.25) is 0 Å². The monoisotopic (exact) mass is 1240 g/mol. The summed E-state index contributed by atoms with van der Waals surface area (Å²) in [5.41, 5.74) is 0. The molecule has 0 saturated carbocycles. The number of unbranched alkanes of at least 4 members (excludes halogenated alkanes) is 16. The fourth-order valence-electron chi connectivity index (χ4n) is 10.00. The van der Waals surface area contributed by atoms with Crippen LogP contribution in [-0.4, -0.2) is 140 Å². The minimum absolute atomic E-state index is 0.249. The van der Waals surface area contributed by atoms with Crippen molar-refractivity contribution in [3.8, 4) is 0 Å². The first-order valence-corrected chi connectivity index (χ1v) is 34.2. The molecule has 14 nitrogen and oxygen atoms in total. The van der Waals surface area contributed by atoms with E-state index in [0.29, 0.717) is 12.8 Å². The number of nitrogens with one attached hydrogen (secondary N) is 1. The van der Waals surface area contributed by atoms with E-state index in [1.807, 2.05) is 6.08 Å². The molecule has 0 radical (unpaired) electrons. The Morgan fingerprint density at radius 2 is 0.787 bits per heavy atom. The van der Waals surface area contributed by atoms with Crippen molar-refractivity contribution in [2.24, 2.45) is 0 Å². The van der Waals surface area contributed by atoms with Crippen LogP contribution < -0.4 is 5.32 Å². The molecule has 89 heavy (non-hydrogen) atoms. The minimum atomic E-state index is -1.80. The summed E-state index contributed by atoms with van der Waals surface area (Å²) in [5.74, 6) is -0.269. The van der Waals surface area contributed by atoms with Crippen LogP contribution in [0, 0.1) is 0 Å². The summed E-state index contributed by atoms with van der Waals surface area (Å²) < 4.78 is 22.8. The predicted octanol–water partition coefficient (Wildman–Crippen LogP) is 13.8. The Morgan fingerprint density at radius 1 is 0.416 bits per heavy atom. The Kier molecular flexibility index (Phi) is 52.1. The van der Waals surface area contributed by atoms with Gasteiger partial charge in [0, 0.05) is 6.42 Å². The quantitative estimate of drug-likeness (QED) is 0.0204. The molecule has 14 heteroatoms. The van der Waals surface area contributed by atoms with E-state index in [9.17, 15) is 45.6 Å². The molecule has 0 aromatic heterocycles. The number of aliphatic hydroxyl groups excluding tert-OH is 8. The first-order chi connectivity index (χ1) is 43.6. The lowest BCUT2D eigenvalue weighted by Crippen LogP contribution is -2.65. The topological polar surface area (TPSA) is 228 Å². The molecular weight excluding hydrogens is 1120 g/mol. The Labute approximate surface area is 537 Å². The summed E-state index contributed by atoms with van der Waals surface area (Å²) in [6, 6.07) is -0.954. The van der Waals surface area contributed by atoms with Gasteiger partial charge in [0.15, 0.2) is 12.6 Å². The standard InChI is InChI=1S/C75H121NO13/c1-3-5-7-9-11-13-15-17-19-21-22-23-24-25-26-27-28-29-30-31-32-33-34-35-36-37-38-39-40-41-42-43-45-47-49-51-53-55-57-59-67(80)76-63(64(79)58-56-54-52-50-48-46-44-20-18-16-14-12-10-8-6-4-2)62-86-74-72(85)70(83)73(66(61-78)88-74)89-75-71(84)69(82)68(81)65(60-77)87-75/h5,7,11,13,17-20,22-23,25-26,28-29,31-32,34-35,37-38,40-41,48,50,56,58,63-66,68-75,77-79,81-85H,3-4,6,8-10,12,14-16,21,24,27,30,33,36,39,42-47,49,51-55,57,59-62H2,1-2H3,(H,76,80)/b7-5-,13-11-,19-17-,20-18+,23-22-,26-25-,29-28-,32-31-,35-34-,38-37-,41-40-,50-48+,58-56+. The summed E-state index contributed by atoms with van der Waals surface area (Å²) in [7, 11) is 0. The number of aliphatic hydroxyl groups is 8. The van der Waals surface area contributed by atoms with Gasteiger partial charge in [0.05, 0.1) is 32.0 Å². The van der Waals surface area contributed by atoms with Gasteiger partial charge in [0.1, 0.15) is 48.8 Å². The van der Waals surface area contributed by atoms with Crippen LogP contribution in [0.1, 0.15) is 213 Å². The fraction of sp³-hybridized carbons (Fsp3) is 0.640. The van der Waals surface area contributed by atoms with Crippen LogP contribution >= 0.6 is 0 Å². The molecule has 0 aromatic rings. The van der Waals surface area contributed by atoms with Crippen LogP contribution in [0.5, 0.6) is 0 Å². The molecule has 9 N–H and O–H groups in total. The summed E-state index contributed by atoms with van der Waals surface area (Å²) >= 11 is 0. The third-order valence-electron chi connectivity index (χ3n) is 15.4. The number of amides is 1. The fourth-order valence-corrected chi connectivity index (χ4v) is 10.00. The van der Waals surface area contributed by atoms with Gasteiger partial charge in [-0.1, -0.05) is 242 Å². The summed E-state index contributed by atoms with van der Waals surface area (Å²) in [4.78, 5) is 13.3. The summed E-state index contributed by atoms with van der Waals surface area (Å²) in [6.07, 6.45) is 71.5. The average Bonchev–Trinajstić information content (AvgIpc) is 2.55. The highest BCUT2D eigenvalue weighted by Gasteiger charge is 2.51. The smallest absolute Gasteiger partial charge is 0.220 e. The van der Waals surface area contributed by atoms with Crippen LogP contribution in [0.25, 0.3) is 0 Å². The molecule has 2 heterocycles. The number of allylic oxidation sites excluding steroid dienone is 25. The van der Waals surface area contributed by atoms with Gasteiger partial charge in [0.25, 0.3) is 0 Å². The average molecular weight is 1240 g/mol. The highest BCUT2D eigenvalue weighted by atomic mass is 16.7. The largest absolute Gasteiger partial charge is 0.394 e. The van der Waals surface area contributed by atoms with Gasteiger partial charge in [-0.2, -0.15) is 0 Å². The first kappa shape index (κ1) is 80.7. The molecule has 504 valence electrons. The SMILES string of the molecule is CC/C=C\C/C=C\C/C=C\C/C=C\C/C=C\C/C=C\C/C=C\C/C=C\C/C=C\C/C=C\CCCCCCCCCCC(=O)NC(COC1OC(CO)C(OC2OC(CO)C(O)C(O)C2O)C(O)C1O)C(O)/C=C/CC/C=C/CC/C=C/CCCCCCCC. The van der Waals surface area contributed by atoms with Gasteiger partial charge in [0.2, 0.25) is 5.91 Å². The lowest BCUT2D eigenvalue weighted by molar-refractivity contribution is -0.359. The van der Waals surface area contributed by atoms with Gasteiger partial charge in [-0.15, -0.1) is 0 Å². The number of carbonyl (C=O) groups is 1. The molecule has 0 bridgehead atoms. The Hall–Kier alpha value is -4.39. The van der Waals surface area contributed by atoms with Gasteiger partial charge in [-0.25, -0.2) is 0 Å². The first-order valence-electron chi connectivity index (χ1n) is 34.2. The molecule has 2 fully saturated rings. The van der Waals surface area contributed by atoms with Crippen molar-refractivity contribution in [3.05, 3.63) is 158 Å². The number of carbonyl (C=O) groups excluding carboxylic acids is 1. The Balaban J connectivity index is 1.66. The van der Waals surface area contributed by atoms with Gasteiger partial charge in [-0.05, 0) is 122 Å². The van der Waals surface area contributed by atoms with Gasteiger partial charge < -0.3 is 65.1 Å². The number of rotatable bonds is 53. The van der Waals surface area contributed by atoms with E-state index in [1.165, 1.54) is 57.8 Å². The van der Waals surface area contributed by atoms with Crippen molar-refractivity contribution in [1.82, 2.24) is 5.32 Å². The molecule has 0 spiro atoms. The second-order valence-electron chi connectivity index (χ2n) is 23.2. The van der Waals surface area contributed by atoms with E-state index in [-0.39, 0.29) is 18.9 Å². The maximum Gasteiger partial charge on any atom is 0.220 e. The summed E-state index contributed by atoms with van der Waals surface area (Å²) in [5, 5.41) is 87.2. The lowest BCUT2D eigenvalue weighted by atomic mass is 9.97. The zero-order chi connectivity index (χ0) is 64.5. The molecule has 0 aliphatic carbocycles. The van der Waals surface area contributed by atoms with Crippen molar-refractivity contribution >= 4 is 5.91 Å². The van der Waals surface area contributed by atoms with Crippen LogP contribution in [0.3, 0.4) is 0 Å². The molecule has 2 aliphatic rings. The highest BCUT2D eigenvalue weighted by Crippen LogP contribution is 2.30. The zero-order valence-corrected chi connectivity index (χ0v) is 54.6. The zero-order valence-electron chi connectivity index (χ0n) is 54.6. The maximum absolute atomic E-state index is 13.3. The maximum atomic E-state index is 13.3. The number of ether oxygens (including phenoxy) is 4. The van der Waals surface area contributed by atoms with Crippen molar-refractivity contribution in [2.75, 3.05) is 19.8 Å². The second-order valence-corrected chi connectivity index (χ2v) is 23.2. The predicted molar refractivity (Wildman–Crippen MR) is 364 cm³/mol. The van der Waals surface area contributed by atoms with E-state index in [2.05, 4.69) is 165 Å². The van der Waals surface area contributed by atoms with Crippen molar-refractivity contribution in [1.29, 1.82) is 0 Å². The Bertz CT molecular complexity index is 2100. The van der Waals surface area contributed by atoms with Crippen LogP contribution in [0.15, 0.2) is 158 Å². The van der Waals surface area contributed by atoms with Crippen LogP contribution in [-0.2, 0) is 23.7 Å². The molecule has 1 amide bonds. The van der Waals surface area contributed by atoms with E-state index in [4.69, 9.17) is 18.9 Å². The number of hydrogen-bond donors (Lipinski definition) is 9. The minimum Gasteiger partial charge on any atom is -0.394 e. The Morgan fingerprint density at radius 3 is 1.24 bits per heavy atom. The lowest BCUT2D eigenvalue weighted by Gasteiger charge is -2.46. The third kappa shape index (κ3) is 41.7. The molecule has 12 atom stereocenters. The molecule has 2 rings (SSSR count). The van der Waals surface area contributed by atoms with Crippen molar-refractivity contribution in [3.63, 3.8) is 0 Å². The normalized spacial score (nSPS) is 24.1. The van der Waals surface area contributed by atoms with Crippen LogP contribution in [0.4, 0.5) is 0 Å². The van der Waals surface area contributed by atoms with E-state index in [1.54, 1.807) is 6.08 Å². The van der Waals surface area contributed by atoms with E-state index < -0.39 is 86.8 Å². The van der Waals surface area contributed by atoms with Crippen molar-refractivity contribution < 1.29 is 64.6 Å². The summed E-state index contributed by atoms with van der Waals surface area (Å²) in [6.45, 7) is 2.62. The molecule has 0 aromatic carbocycles. The van der Waals surface area contributed by atoms with Gasteiger partial charge in [-0.3, -0.25) is 4.79 Å². The molecule has 12 unspecified atom stereocenters. The van der Waals surface area contributed by atoms with Gasteiger partial charge >= 0.3 is 0 Å². The number of hydrogen-bond acceptors (Lipinski definition) is 13. The van der Waals surface area contributed by atoms with E-state index in [0.717, 1.165) is 122 Å². The van der Waals surface area contributed by atoms with Crippen molar-refractivity contribution in [2.45, 2.75) is 286 Å². The third-order valence-corrected chi connectivity index (χ3v) is 15.4. The van der Waals surface area contributed by atoms with E-state index >= 15 is 0 Å².